The SMILES string of the molecule is CCCC(N)C(=O)NCC(C)(C)C1CCCC1. The molecule has 0 bridgehead atoms. The van der Waals surface area contributed by atoms with Gasteiger partial charge in [-0.25, -0.2) is 0 Å². The van der Waals surface area contributed by atoms with Crippen LogP contribution in [0.15, 0.2) is 0 Å². The van der Waals surface area contributed by atoms with Crippen molar-refractivity contribution in [2.24, 2.45) is 17.1 Å². The molecule has 3 N–H and O–H groups in total. The van der Waals surface area contributed by atoms with Crippen LogP contribution in [0.3, 0.4) is 0 Å². The van der Waals surface area contributed by atoms with Crippen molar-refractivity contribution in [2.75, 3.05) is 6.54 Å². The summed E-state index contributed by atoms with van der Waals surface area (Å²) in [5, 5.41) is 3.02. The molecule has 3 nitrogen and oxygen atoms in total. The molecular formula is C14H28N2O. The smallest absolute Gasteiger partial charge is 0.236 e. The van der Waals surface area contributed by atoms with Crippen molar-refractivity contribution in [1.82, 2.24) is 5.32 Å². The quantitative estimate of drug-likeness (QED) is 0.749. The monoisotopic (exact) mass is 240 g/mol. The normalized spacial score (nSPS) is 19.3. The van der Waals surface area contributed by atoms with E-state index in [1.165, 1.54) is 25.7 Å². The third kappa shape index (κ3) is 4.30. The number of rotatable bonds is 6. The zero-order chi connectivity index (χ0) is 12.9. The van der Waals surface area contributed by atoms with E-state index >= 15 is 0 Å². The fraction of sp³-hybridized carbons (Fsp3) is 0.929. The Kier molecular flexibility index (Phi) is 5.44. The van der Waals surface area contributed by atoms with E-state index in [9.17, 15) is 4.79 Å². The lowest BCUT2D eigenvalue weighted by atomic mass is 9.77. The van der Waals surface area contributed by atoms with E-state index in [-0.39, 0.29) is 17.4 Å². The molecular weight excluding hydrogens is 212 g/mol. The predicted molar refractivity (Wildman–Crippen MR) is 71.6 cm³/mol. The molecule has 1 aliphatic rings. The number of hydrogen-bond donors (Lipinski definition) is 2. The van der Waals surface area contributed by atoms with Crippen LogP contribution in [0.5, 0.6) is 0 Å². The van der Waals surface area contributed by atoms with E-state index in [1.54, 1.807) is 0 Å². The van der Waals surface area contributed by atoms with Gasteiger partial charge in [-0.15, -0.1) is 0 Å². The van der Waals surface area contributed by atoms with E-state index in [2.05, 4.69) is 26.1 Å². The van der Waals surface area contributed by atoms with Gasteiger partial charge in [0.05, 0.1) is 6.04 Å². The van der Waals surface area contributed by atoms with Crippen molar-refractivity contribution in [3.63, 3.8) is 0 Å². The first-order valence-corrected chi connectivity index (χ1v) is 7.00. The molecule has 0 radical (unpaired) electrons. The highest BCUT2D eigenvalue weighted by Crippen LogP contribution is 2.38. The molecule has 1 rings (SSSR count). The molecule has 1 unspecified atom stereocenters. The van der Waals surface area contributed by atoms with Gasteiger partial charge in [-0.2, -0.15) is 0 Å². The summed E-state index contributed by atoms with van der Waals surface area (Å²) in [5.74, 6) is 0.767. The highest BCUT2D eigenvalue weighted by Gasteiger charge is 2.32. The Morgan fingerprint density at radius 3 is 2.53 bits per heavy atom. The molecule has 1 saturated carbocycles. The molecule has 0 aliphatic heterocycles. The fourth-order valence-corrected chi connectivity index (χ4v) is 2.74. The first kappa shape index (κ1) is 14.5. The van der Waals surface area contributed by atoms with Gasteiger partial charge in [0, 0.05) is 6.54 Å². The van der Waals surface area contributed by atoms with Gasteiger partial charge < -0.3 is 11.1 Å². The van der Waals surface area contributed by atoms with Crippen molar-refractivity contribution >= 4 is 5.91 Å². The number of hydrogen-bond acceptors (Lipinski definition) is 2. The van der Waals surface area contributed by atoms with Crippen LogP contribution in [0, 0.1) is 11.3 Å². The lowest BCUT2D eigenvalue weighted by molar-refractivity contribution is -0.123. The lowest BCUT2D eigenvalue weighted by Gasteiger charge is -2.32. The van der Waals surface area contributed by atoms with Crippen LogP contribution in [-0.4, -0.2) is 18.5 Å². The molecule has 0 saturated heterocycles. The van der Waals surface area contributed by atoms with E-state index in [4.69, 9.17) is 5.73 Å². The van der Waals surface area contributed by atoms with E-state index in [1.807, 2.05) is 0 Å². The van der Waals surface area contributed by atoms with Gasteiger partial charge in [0.15, 0.2) is 0 Å². The Morgan fingerprint density at radius 1 is 1.41 bits per heavy atom. The summed E-state index contributed by atoms with van der Waals surface area (Å²) >= 11 is 0. The summed E-state index contributed by atoms with van der Waals surface area (Å²) in [6, 6.07) is -0.334. The summed E-state index contributed by atoms with van der Waals surface area (Å²) in [7, 11) is 0. The third-order valence-corrected chi connectivity index (χ3v) is 4.12. The molecule has 1 aliphatic carbocycles. The van der Waals surface area contributed by atoms with Gasteiger partial charge in [-0.3, -0.25) is 4.79 Å². The predicted octanol–water partition coefficient (Wildman–Crippen LogP) is 2.45. The minimum atomic E-state index is -0.334. The van der Waals surface area contributed by atoms with Gasteiger partial charge in [-0.05, 0) is 30.6 Å². The number of carbonyl (C=O) groups is 1. The van der Waals surface area contributed by atoms with Crippen LogP contribution in [0.2, 0.25) is 0 Å². The Morgan fingerprint density at radius 2 is 2.00 bits per heavy atom. The molecule has 1 fully saturated rings. The summed E-state index contributed by atoms with van der Waals surface area (Å²) in [6.07, 6.45) is 7.04. The van der Waals surface area contributed by atoms with E-state index < -0.39 is 0 Å². The number of nitrogens with one attached hydrogen (secondary N) is 1. The average Bonchev–Trinajstić information content (AvgIpc) is 2.80. The van der Waals surface area contributed by atoms with Crippen LogP contribution >= 0.6 is 0 Å². The zero-order valence-electron chi connectivity index (χ0n) is 11.6. The topological polar surface area (TPSA) is 55.1 Å². The second-order valence-corrected chi connectivity index (χ2v) is 6.08. The fourth-order valence-electron chi connectivity index (χ4n) is 2.74. The van der Waals surface area contributed by atoms with Crippen molar-refractivity contribution in [2.45, 2.75) is 65.3 Å². The Balaban J connectivity index is 2.35. The number of amides is 1. The van der Waals surface area contributed by atoms with Crippen molar-refractivity contribution in [3.8, 4) is 0 Å². The number of carbonyl (C=O) groups excluding carboxylic acids is 1. The summed E-state index contributed by atoms with van der Waals surface area (Å²) in [4.78, 5) is 11.8. The molecule has 1 atom stereocenters. The van der Waals surface area contributed by atoms with Crippen molar-refractivity contribution < 1.29 is 4.79 Å². The highest BCUT2D eigenvalue weighted by atomic mass is 16.2. The van der Waals surface area contributed by atoms with Gasteiger partial charge in [-0.1, -0.05) is 40.0 Å². The largest absolute Gasteiger partial charge is 0.354 e. The first-order valence-electron chi connectivity index (χ1n) is 7.00. The van der Waals surface area contributed by atoms with Crippen molar-refractivity contribution in [3.05, 3.63) is 0 Å². The lowest BCUT2D eigenvalue weighted by Crippen LogP contribution is -2.45. The average molecular weight is 240 g/mol. The molecule has 0 heterocycles. The van der Waals surface area contributed by atoms with Crippen LogP contribution in [-0.2, 0) is 4.79 Å². The molecule has 0 aromatic heterocycles. The Labute approximate surface area is 106 Å². The maximum Gasteiger partial charge on any atom is 0.236 e. The summed E-state index contributed by atoms with van der Waals surface area (Å²) < 4.78 is 0. The van der Waals surface area contributed by atoms with E-state index in [0.717, 1.165) is 25.3 Å². The molecule has 1 amide bonds. The molecule has 0 aromatic carbocycles. The maximum atomic E-state index is 11.8. The molecule has 0 aromatic rings. The van der Waals surface area contributed by atoms with Gasteiger partial charge in [0.1, 0.15) is 0 Å². The third-order valence-electron chi connectivity index (χ3n) is 4.12. The Hall–Kier alpha value is -0.570. The minimum absolute atomic E-state index is 0.0120. The summed E-state index contributed by atoms with van der Waals surface area (Å²) in [5.41, 5.74) is 6.00. The minimum Gasteiger partial charge on any atom is -0.354 e. The number of nitrogens with two attached hydrogens (primary N) is 1. The standard InChI is InChI=1S/C14H28N2O/c1-4-7-12(15)13(17)16-10-14(2,3)11-8-5-6-9-11/h11-12H,4-10,15H2,1-3H3,(H,16,17). The zero-order valence-corrected chi connectivity index (χ0v) is 11.6. The Bertz CT molecular complexity index is 245. The van der Waals surface area contributed by atoms with Gasteiger partial charge in [0.25, 0.3) is 0 Å². The van der Waals surface area contributed by atoms with Crippen LogP contribution in [0.1, 0.15) is 59.3 Å². The maximum absolute atomic E-state index is 11.8. The van der Waals surface area contributed by atoms with Crippen LogP contribution in [0.25, 0.3) is 0 Å². The molecule has 3 heteroatoms. The van der Waals surface area contributed by atoms with E-state index in [0.29, 0.717) is 0 Å². The second-order valence-electron chi connectivity index (χ2n) is 6.08. The van der Waals surface area contributed by atoms with Gasteiger partial charge in [0.2, 0.25) is 5.91 Å². The van der Waals surface area contributed by atoms with Crippen molar-refractivity contribution in [1.29, 1.82) is 0 Å². The molecule has 0 spiro atoms. The van der Waals surface area contributed by atoms with Crippen LogP contribution in [0.4, 0.5) is 0 Å². The highest BCUT2D eigenvalue weighted by molar-refractivity contribution is 5.81. The van der Waals surface area contributed by atoms with Crippen LogP contribution < -0.4 is 11.1 Å². The molecule has 100 valence electrons. The first-order chi connectivity index (χ1) is 7.97. The molecule has 17 heavy (non-hydrogen) atoms. The summed E-state index contributed by atoms with van der Waals surface area (Å²) in [6.45, 7) is 7.33. The van der Waals surface area contributed by atoms with Gasteiger partial charge >= 0.3 is 0 Å². The second kappa shape index (κ2) is 6.39.